The second kappa shape index (κ2) is 12.9. The maximum absolute atomic E-state index is 6.48. The van der Waals surface area contributed by atoms with Crippen molar-refractivity contribution in [1.82, 2.24) is 0 Å². The lowest BCUT2D eigenvalue weighted by atomic mass is 9.93. The number of anilines is 3. The monoisotopic (exact) mass is 719 g/mol. The normalized spacial score (nSPS) is 11.6. The minimum atomic E-state index is 0.906. The zero-order valence-corrected chi connectivity index (χ0v) is 30.6. The largest absolute Gasteiger partial charge is 0.455 e. The van der Waals surface area contributed by atoms with Crippen LogP contribution in [-0.2, 0) is 0 Å². The van der Waals surface area contributed by atoms with Gasteiger partial charge in [-0.05, 0) is 75.5 Å². The third-order valence-corrected chi connectivity index (χ3v) is 12.0. The van der Waals surface area contributed by atoms with Crippen LogP contribution in [-0.4, -0.2) is 0 Å². The van der Waals surface area contributed by atoms with Gasteiger partial charge in [-0.15, -0.1) is 11.3 Å². The minimum Gasteiger partial charge on any atom is -0.455 e. The Bertz CT molecular complexity index is 3200. The maximum Gasteiger partial charge on any atom is 0.143 e. The van der Waals surface area contributed by atoms with Crippen LogP contribution in [0.1, 0.15) is 0 Å². The van der Waals surface area contributed by atoms with Crippen LogP contribution >= 0.6 is 11.3 Å². The fourth-order valence-corrected chi connectivity index (χ4v) is 9.46. The van der Waals surface area contributed by atoms with Gasteiger partial charge in [0.1, 0.15) is 11.2 Å². The highest BCUT2D eigenvalue weighted by atomic mass is 32.1. The highest BCUT2D eigenvalue weighted by Crippen LogP contribution is 2.49. The molecule has 9 aromatic carbocycles. The lowest BCUT2D eigenvalue weighted by Crippen LogP contribution is -2.12. The lowest BCUT2D eigenvalue weighted by molar-refractivity contribution is 0.670. The van der Waals surface area contributed by atoms with Crippen LogP contribution in [0, 0.1) is 0 Å². The summed E-state index contributed by atoms with van der Waals surface area (Å²) in [6.45, 7) is 0. The number of rotatable bonds is 6. The van der Waals surface area contributed by atoms with Gasteiger partial charge in [0.05, 0.1) is 11.4 Å². The average Bonchev–Trinajstić information content (AvgIpc) is 3.83. The fraction of sp³-hybridized carbons (Fsp3) is 0. The Hall–Kier alpha value is -6.94. The summed E-state index contributed by atoms with van der Waals surface area (Å²) in [4.78, 5) is 2.48. The second-order valence-electron chi connectivity index (χ2n) is 14.0. The number of fused-ring (bicyclic) bond motifs is 7. The van der Waals surface area contributed by atoms with E-state index in [0.717, 1.165) is 55.7 Å². The third-order valence-electron chi connectivity index (χ3n) is 10.9. The van der Waals surface area contributed by atoms with Crippen molar-refractivity contribution >= 4 is 81.3 Å². The van der Waals surface area contributed by atoms with Crippen LogP contribution in [0.3, 0.4) is 0 Å². The summed E-state index contributed by atoms with van der Waals surface area (Å²) in [5.41, 5.74) is 12.1. The molecule has 258 valence electrons. The molecule has 0 radical (unpaired) electrons. The summed E-state index contributed by atoms with van der Waals surface area (Å²) in [5.74, 6) is 0. The molecule has 2 heterocycles. The van der Waals surface area contributed by atoms with E-state index in [0.29, 0.717) is 0 Å². The summed E-state index contributed by atoms with van der Waals surface area (Å²) >= 11 is 1.85. The lowest BCUT2D eigenvalue weighted by Gasteiger charge is -2.29. The number of hydrogen-bond acceptors (Lipinski definition) is 3. The van der Waals surface area contributed by atoms with E-state index in [4.69, 9.17) is 4.42 Å². The molecule has 0 saturated carbocycles. The zero-order chi connectivity index (χ0) is 36.3. The van der Waals surface area contributed by atoms with E-state index in [1.807, 2.05) is 23.5 Å². The summed E-state index contributed by atoms with van der Waals surface area (Å²) in [7, 11) is 0. The van der Waals surface area contributed by atoms with E-state index >= 15 is 0 Å². The van der Waals surface area contributed by atoms with Crippen LogP contribution in [0.25, 0.3) is 86.3 Å². The molecule has 0 bridgehead atoms. The summed E-state index contributed by atoms with van der Waals surface area (Å²) < 4.78 is 9.03. The Morgan fingerprint density at radius 3 is 1.91 bits per heavy atom. The Kier molecular flexibility index (Phi) is 7.39. The smallest absolute Gasteiger partial charge is 0.143 e. The molecule has 0 saturated heterocycles. The molecule has 0 fully saturated rings. The van der Waals surface area contributed by atoms with Crippen molar-refractivity contribution in [2.24, 2.45) is 0 Å². The molecule has 55 heavy (non-hydrogen) atoms. The van der Waals surface area contributed by atoms with E-state index in [2.05, 4.69) is 193 Å². The number of nitrogens with zero attached hydrogens (tertiary/aromatic N) is 1. The van der Waals surface area contributed by atoms with Crippen molar-refractivity contribution in [3.63, 3.8) is 0 Å². The minimum absolute atomic E-state index is 0.906. The van der Waals surface area contributed by atoms with Gasteiger partial charge in [0.15, 0.2) is 0 Å². The summed E-state index contributed by atoms with van der Waals surface area (Å²) in [6.07, 6.45) is 0. The SMILES string of the molecule is c1ccc(-c2ccc(-c3cccc4ccccc34)cc2N(c2ccc(-c3cccc4c3oc3ccccc34)cc2)c2cccc3sc4ccccc4c23)cc1. The van der Waals surface area contributed by atoms with Gasteiger partial charge < -0.3 is 9.32 Å². The van der Waals surface area contributed by atoms with Gasteiger partial charge in [0.2, 0.25) is 0 Å². The number of furan rings is 1. The van der Waals surface area contributed by atoms with Crippen molar-refractivity contribution in [1.29, 1.82) is 0 Å². The molecule has 11 rings (SSSR count). The predicted octanol–water partition coefficient (Wildman–Crippen LogP) is 15.6. The van der Waals surface area contributed by atoms with Gasteiger partial charge >= 0.3 is 0 Å². The molecule has 0 amide bonds. The van der Waals surface area contributed by atoms with E-state index in [9.17, 15) is 0 Å². The maximum atomic E-state index is 6.48. The van der Waals surface area contributed by atoms with Gasteiger partial charge in [-0.1, -0.05) is 158 Å². The first kappa shape index (κ1) is 31.6. The summed E-state index contributed by atoms with van der Waals surface area (Å²) in [5, 5.41) is 7.27. The molecule has 0 unspecified atom stereocenters. The highest BCUT2D eigenvalue weighted by molar-refractivity contribution is 7.26. The van der Waals surface area contributed by atoms with Crippen LogP contribution in [0.15, 0.2) is 205 Å². The van der Waals surface area contributed by atoms with Crippen molar-refractivity contribution in [3.05, 3.63) is 200 Å². The van der Waals surface area contributed by atoms with Gasteiger partial charge in [0.25, 0.3) is 0 Å². The molecule has 0 aliphatic heterocycles. The van der Waals surface area contributed by atoms with E-state index in [1.165, 1.54) is 47.6 Å². The number of hydrogen-bond donors (Lipinski definition) is 0. The van der Waals surface area contributed by atoms with Gasteiger partial charge in [0, 0.05) is 47.8 Å². The molecule has 0 spiro atoms. The quantitative estimate of drug-likeness (QED) is 0.170. The van der Waals surface area contributed by atoms with Crippen LogP contribution in [0.5, 0.6) is 0 Å². The van der Waals surface area contributed by atoms with Crippen molar-refractivity contribution in [2.75, 3.05) is 4.90 Å². The topological polar surface area (TPSA) is 16.4 Å². The molecule has 2 aromatic heterocycles. The molecule has 0 aliphatic rings. The Morgan fingerprint density at radius 1 is 0.382 bits per heavy atom. The molecule has 11 aromatic rings. The fourth-order valence-electron chi connectivity index (χ4n) is 8.34. The van der Waals surface area contributed by atoms with Crippen LogP contribution in [0.4, 0.5) is 17.1 Å². The molecule has 2 nitrogen and oxygen atoms in total. The highest BCUT2D eigenvalue weighted by Gasteiger charge is 2.23. The molecule has 3 heteroatoms. The standard InChI is InChI=1S/C52H33NOS/c1-2-13-35(14-3-1)41-32-29-37(40-20-10-16-34-15-4-5-17-39(34)40)33-47(41)53(46-23-12-26-50-51(46)45-19-7-9-25-49(45)55-50)38-30-27-36(28-31-38)42-21-11-22-44-43-18-6-8-24-48(43)54-52(42)44/h1-33H. The second-order valence-corrected chi connectivity index (χ2v) is 15.1. The van der Waals surface area contributed by atoms with Crippen LogP contribution < -0.4 is 4.90 Å². The van der Waals surface area contributed by atoms with Crippen molar-refractivity contribution < 1.29 is 4.42 Å². The molecular formula is C52H33NOS. The van der Waals surface area contributed by atoms with E-state index < -0.39 is 0 Å². The Balaban J connectivity index is 1.17. The van der Waals surface area contributed by atoms with Gasteiger partial charge in [-0.25, -0.2) is 0 Å². The van der Waals surface area contributed by atoms with E-state index in [-0.39, 0.29) is 0 Å². The Labute approximate surface area is 322 Å². The Morgan fingerprint density at radius 2 is 1.02 bits per heavy atom. The first-order chi connectivity index (χ1) is 27.3. The zero-order valence-electron chi connectivity index (χ0n) is 29.8. The molecule has 0 N–H and O–H groups in total. The number of benzene rings is 9. The molecule has 0 atom stereocenters. The average molecular weight is 720 g/mol. The van der Waals surface area contributed by atoms with Gasteiger partial charge in [-0.3, -0.25) is 0 Å². The summed E-state index contributed by atoms with van der Waals surface area (Å²) in [6, 6.07) is 72.3. The number of para-hydroxylation sites is 2. The van der Waals surface area contributed by atoms with Crippen molar-refractivity contribution in [2.45, 2.75) is 0 Å². The molecular weight excluding hydrogens is 687 g/mol. The molecule has 0 aliphatic carbocycles. The first-order valence-corrected chi connectivity index (χ1v) is 19.5. The predicted molar refractivity (Wildman–Crippen MR) is 235 cm³/mol. The van der Waals surface area contributed by atoms with E-state index in [1.54, 1.807) is 0 Å². The van der Waals surface area contributed by atoms with Crippen LogP contribution in [0.2, 0.25) is 0 Å². The van der Waals surface area contributed by atoms with Crippen molar-refractivity contribution in [3.8, 4) is 33.4 Å². The van der Waals surface area contributed by atoms with Gasteiger partial charge in [-0.2, -0.15) is 0 Å². The number of thiophene rings is 1. The first-order valence-electron chi connectivity index (χ1n) is 18.7. The third kappa shape index (κ3) is 5.24.